The van der Waals surface area contributed by atoms with E-state index in [4.69, 9.17) is 4.74 Å². The van der Waals surface area contributed by atoms with E-state index in [1.165, 1.54) is 12.2 Å². The maximum absolute atomic E-state index is 12.3. The van der Waals surface area contributed by atoms with Crippen molar-refractivity contribution in [3.63, 3.8) is 0 Å². The maximum Gasteiger partial charge on any atom is 0.224 e. The van der Waals surface area contributed by atoms with Crippen LogP contribution in [0.15, 0.2) is 0 Å². The molecule has 18 heavy (non-hydrogen) atoms. The highest BCUT2D eigenvalue weighted by molar-refractivity contribution is 7.99. The van der Waals surface area contributed by atoms with Crippen molar-refractivity contribution in [1.82, 2.24) is 10.2 Å². The highest BCUT2D eigenvalue weighted by Gasteiger charge is 2.25. The molecule has 0 aliphatic carbocycles. The monoisotopic (exact) mass is 272 g/mol. The second-order valence-electron chi connectivity index (χ2n) is 5.23. The number of thioether (sulfide) groups is 1. The van der Waals surface area contributed by atoms with Crippen molar-refractivity contribution < 1.29 is 9.53 Å². The molecule has 2 saturated heterocycles. The number of piperidine rings is 1. The average molecular weight is 272 g/mol. The number of ether oxygens (including phenoxy) is 1. The minimum absolute atomic E-state index is 0.316. The topological polar surface area (TPSA) is 41.6 Å². The van der Waals surface area contributed by atoms with Gasteiger partial charge in [0.1, 0.15) is 0 Å². The summed E-state index contributed by atoms with van der Waals surface area (Å²) in [6.07, 6.45) is 2.97. The van der Waals surface area contributed by atoms with Gasteiger partial charge >= 0.3 is 0 Å². The van der Waals surface area contributed by atoms with Gasteiger partial charge < -0.3 is 15.0 Å². The smallest absolute Gasteiger partial charge is 0.224 e. The fourth-order valence-corrected chi connectivity index (χ4v) is 3.70. The predicted octanol–water partition coefficient (Wildman–Crippen LogP) is 0.967. The summed E-state index contributed by atoms with van der Waals surface area (Å²) in [6, 6.07) is 0.374. The first kappa shape index (κ1) is 14.2. The van der Waals surface area contributed by atoms with Crippen LogP contribution in [0.25, 0.3) is 0 Å². The van der Waals surface area contributed by atoms with E-state index in [0.717, 1.165) is 38.4 Å². The van der Waals surface area contributed by atoms with E-state index in [9.17, 15) is 4.79 Å². The molecule has 0 saturated carbocycles. The van der Waals surface area contributed by atoms with Gasteiger partial charge in [-0.25, -0.2) is 0 Å². The van der Waals surface area contributed by atoms with Crippen molar-refractivity contribution in [2.45, 2.75) is 25.3 Å². The standard InChI is InChI=1S/C13H24N2O2S/c1-17-9-11-3-2-5-15(8-11)13(16)7-12-10-18-6-4-14-12/h11-12,14H,2-10H2,1H3. The molecule has 2 aliphatic heterocycles. The number of amides is 1. The first-order valence-corrected chi connectivity index (χ1v) is 8.03. The zero-order valence-electron chi connectivity index (χ0n) is 11.2. The molecule has 0 radical (unpaired) electrons. The summed E-state index contributed by atoms with van der Waals surface area (Å²) >= 11 is 1.95. The van der Waals surface area contributed by atoms with Crippen LogP contribution in [-0.4, -0.2) is 61.7 Å². The summed E-state index contributed by atoms with van der Waals surface area (Å²) in [4.78, 5) is 14.3. The molecule has 2 aliphatic rings. The summed E-state index contributed by atoms with van der Waals surface area (Å²) in [5.74, 6) is 3.09. The number of rotatable bonds is 4. The first-order chi connectivity index (χ1) is 8.79. The molecular weight excluding hydrogens is 248 g/mol. The molecule has 2 rings (SSSR count). The van der Waals surface area contributed by atoms with Crippen LogP contribution in [0.4, 0.5) is 0 Å². The molecule has 0 aromatic rings. The van der Waals surface area contributed by atoms with Crippen LogP contribution in [0.1, 0.15) is 19.3 Å². The molecule has 104 valence electrons. The highest BCUT2D eigenvalue weighted by Crippen LogP contribution is 2.19. The molecule has 0 spiro atoms. The van der Waals surface area contributed by atoms with Crippen molar-refractivity contribution in [3.05, 3.63) is 0 Å². The van der Waals surface area contributed by atoms with Crippen LogP contribution in [0.5, 0.6) is 0 Å². The molecule has 0 bridgehead atoms. The number of methoxy groups -OCH3 is 1. The van der Waals surface area contributed by atoms with Gasteiger partial charge in [-0.15, -0.1) is 0 Å². The number of nitrogens with one attached hydrogen (secondary N) is 1. The Kier molecular flexibility index (Phi) is 5.79. The molecule has 2 fully saturated rings. The van der Waals surface area contributed by atoms with Crippen molar-refractivity contribution in [3.8, 4) is 0 Å². The summed E-state index contributed by atoms with van der Waals surface area (Å²) in [5, 5.41) is 3.43. The average Bonchev–Trinajstić information content (AvgIpc) is 2.40. The number of hydrogen-bond donors (Lipinski definition) is 1. The molecule has 1 N–H and O–H groups in total. The molecule has 1 amide bonds. The Morgan fingerprint density at radius 1 is 1.56 bits per heavy atom. The Labute approximate surface area is 114 Å². The van der Waals surface area contributed by atoms with E-state index in [-0.39, 0.29) is 0 Å². The lowest BCUT2D eigenvalue weighted by atomic mass is 9.98. The third kappa shape index (κ3) is 4.14. The quantitative estimate of drug-likeness (QED) is 0.828. The molecule has 2 atom stereocenters. The number of carbonyl (C=O) groups is 1. The predicted molar refractivity (Wildman–Crippen MR) is 74.9 cm³/mol. The second-order valence-corrected chi connectivity index (χ2v) is 6.38. The lowest BCUT2D eigenvalue weighted by Crippen LogP contribution is -2.46. The van der Waals surface area contributed by atoms with Crippen molar-refractivity contribution >= 4 is 17.7 Å². The Morgan fingerprint density at radius 2 is 2.44 bits per heavy atom. The van der Waals surface area contributed by atoms with Crippen LogP contribution < -0.4 is 5.32 Å². The summed E-state index contributed by atoms with van der Waals surface area (Å²) in [5.41, 5.74) is 0. The van der Waals surface area contributed by atoms with Gasteiger partial charge in [0.2, 0.25) is 5.91 Å². The Morgan fingerprint density at radius 3 is 3.17 bits per heavy atom. The van der Waals surface area contributed by atoms with E-state index in [1.807, 2.05) is 16.7 Å². The van der Waals surface area contributed by atoms with E-state index in [0.29, 0.717) is 24.3 Å². The van der Waals surface area contributed by atoms with Crippen LogP contribution in [-0.2, 0) is 9.53 Å². The SMILES string of the molecule is COCC1CCCN(C(=O)CC2CSCCN2)C1. The van der Waals surface area contributed by atoms with E-state index in [1.54, 1.807) is 7.11 Å². The number of likely N-dealkylation sites (tertiary alicyclic amines) is 1. The second kappa shape index (κ2) is 7.36. The van der Waals surface area contributed by atoms with Crippen LogP contribution >= 0.6 is 11.8 Å². The zero-order chi connectivity index (χ0) is 12.8. The minimum Gasteiger partial charge on any atom is -0.384 e. The normalized spacial score (nSPS) is 29.3. The number of carbonyl (C=O) groups excluding carboxylic acids is 1. The Bertz CT molecular complexity index is 268. The Hall–Kier alpha value is -0.260. The molecule has 5 heteroatoms. The van der Waals surface area contributed by atoms with Gasteiger partial charge in [-0.2, -0.15) is 11.8 Å². The number of nitrogens with zero attached hydrogens (tertiary/aromatic N) is 1. The first-order valence-electron chi connectivity index (χ1n) is 6.87. The van der Waals surface area contributed by atoms with Crippen molar-refractivity contribution in [1.29, 1.82) is 0 Å². The fraction of sp³-hybridized carbons (Fsp3) is 0.923. The Balaban J connectivity index is 1.76. The summed E-state index contributed by atoms with van der Waals surface area (Å²) in [7, 11) is 1.74. The van der Waals surface area contributed by atoms with Crippen LogP contribution in [0, 0.1) is 5.92 Å². The molecule has 0 aromatic carbocycles. The number of hydrogen-bond acceptors (Lipinski definition) is 4. The van der Waals surface area contributed by atoms with E-state index < -0.39 is 0 Å². The van der Waals surface area contributed by atoms with Crippen LogP contribution in [0.2, 0.25) is 0 Å². The van der Waals surface area contributed by atoms with E-state index in [2.05, 4.69) is 5.32 Å². The highest BCUT2D eigenvalue weighted by atomic mass is 32.2. The largest absolute Gasteiger partial charge is 0.384 e. The molecule has 2 heterocycles. The van der Waals surface area contributed by atoms with Gasteiger partial charge in [0.25, 0.3) is 0 Å². The zero-order valence-corrected chi connectivity index (χ0v) is 12.0. The third-order valence-electron chi connectivity index (χ3n) is 3.69. The minimum atomic E-state index is 0.316. The van der Waals surface area contributed by atoms with Gasteiger partial charge in [0.15, 0.2) is 0 Å². The van der Waals surface area contributed by atoms with E-state index >= 15 is 0 Å². The summed E-state index contributed by atoms with van der Waals surface area (Å²) in [6.45, 7) is 3.63. The maximum atomic E-state index is 12.3. The van der Waals surface area contributed by atoms with Crippen molar-refractivity contribution in [2.24, 2.45) is 5.92 Å². The van der Waals surface area contributed by atoms with Gasteiger partial charge in [-0.3, -0.25) is 4.79 Å². The third-order valence-corrected chi connectivity index (χ3v) is 4.82. The lowest BCUT2D eigenvalue weighted by molar-refractivity contribution is -0.133. The van der Waals surface area contributed by atoms with Crippen LogP contribution in [0.3, 0.4) is 0 Å². The molecule has 2 unspecified atom stereocenters. The summed E-state index contributed by atoms with van der Waals surface area (Å²) < 4.78 is 5.21. The van der Waals surface area contributed by atoms with Crippen molar-refractivity contribution in [2.75, 3.05) is 44.9 Å². The van der Waals surface area contributed by atoms with Gasteiger partial charge in [-0.05, 0) is 18.8 Å². The van der Waals surface area contributed by atoms with Gasteiger partial charge in [-0.1, -0.05) is 0 Å². The molecule has 0 aromatic heterocycles. The fourth-order valence-electron chi connectivity index (χ4n) is 2.75. The molecule has 4 nitrogen and oxygen atoms in total. The lowest BCUT2D eigenvalue weighted by Gasteiger charge is -2.34. The van der Waals surface area contributed by atoms with Gasteiger partial charge in [0, 0.05) is 50.7 Å². The van der Waals surface area contributed by atoms with Gasteiger partial charge in [0.05, 0.1) is 6.61 Å². The molecular formula is C13H24N2O2S.